The van der Waals surface area contributed by atoms with Crippen LogP contribution in [0, 0.1) is 10.6 Å². The molecule has 13 heteroatoms. The first-order chi connectivity index (χ1) is 23.5. The summed E-state index contributed by atoms with van der Waals surface area (Å²) in [5, 5.41) is 26.0. The molecule has 260 valence electrons. The SMILES string of the molecule is CC(C)Nc1c(I)nnc2cc(-c3ccc(S(C)(=O)=O)cc3)ccc12.Cc1nnc2cc(-c3ccc(S(C)(=O)=O)cc3)ccc2c1NC(C)C. The number of aromatic nitrogens is 4. The van der Waals surface area contributed by atoms with Gasteiger partial charge < -0.3 is 10.6 Å². The largest absolute Gasteiger partial charge is 0.381 e. The van der Waals surface area contributed by atoms with E-state index in [0.717, 1.165) is 64.8 Å². The third-order valence-electron chi connectivity index (χ3n) is 7.75. The zero-order valence-corrected chi connectivity index (χ0v) is 32.6. The maximum Gasteiger partial charge on any atom is 0.175 e. The topological polar surface area (TPSA) is 144 Å². The molecule has 0 amide bonds. The molecular formula is C37H39IN6O4S2. The van der Waals surface area contributed by atoms with E-state index in [1.807, 2.05) is 67.6 Å². The van der Waals surface area contributed by atoms with E-state index in [2.05, 4.69) is 81.3 Å². The number of sulfone groups is 2. The molecule has 0 unspecified atom stereocenters. The van der Waals surface area contributed by atoms with Crippen molar-refractivity contribution in [2.45, 2.75) is 56.5 Å². The molecule has 0 fully saturated rings. The summed E-state index contributed by atoms with van der Waals surface area (Å²) in [7, 11) is -6.38. The van der Waals surface area contributed by atoms with Crippen LogP contribution in [0.25, 0.3) is 44.1 Å². The van der Waals surface area contributed by atoms with Crippen LogP contribution in [0.5, 0.6) is 0 Å². The monoisotopic (exact) mass is 822 g/mol. The Morgan fingerprint density at radius 2 is 0.920 bits per heavy atom. The van der Waals surface area contributed by atoms with Crippen LogP contribution in [0.1, 0.15) is 33.4 Å². The van der Waals surface area contributed by atoms with E-state index < -0.39 is 19.7 Å². The molecule has 6 rings (SSSR count). The summed E-state index contributed by atoms with van der Waals surface area (Å²) in [6.07, 6.45) is 2.41. The number of benzene rings is 4. The van der Waals surface area contributed by atoms with Crippen molar-refractivity contribution < 1.29 is 16.8 Å². The second-order valence-corrected chi connectivity index (χ2v) is 17.7. The van der Waals surface area contributed by atoms with Crippen LogP contribution >= 0.6 is 22.6 Å². The zero-order chi connectivity index (χ0) is 36.4. The van der Waals surface area contributed by atoms with Crippen molar-refractivity contribution in [3.8, 4) is 22.3 Å². The molecule has 0 aliphatic heterocycles. The summed E-state index contributed by atoms with van der Waals surface area (Å²) >= 11 is 2.18. The minimum absolute atomic E-state index is 0.295. The molecule has 0 saturated carbocycles. The Balaban J connectivity index is 0.000000194. The summed E-state index contributed by atoms with van der Waals surface area (Å²) in [4.78, 5) is 0.630. The molecule has 0 atom stereocenters. The predicted molar refractivity (Wildman–Crippen MR) is 211 cm³/mol. The van der Waals surface area contributed by atoms with Crippen molar-refractivity contribution in [2.75, 3.05) is 23.1 Å². The van der Waals surface area contributed by atoms with E-state index in [0.29, 0.717) is 21.9 Å². The lowest BCUT2D eigenvalue weighted by Crippen LogP contribution is -2.12. The summed E-state index contributed by atoms with van der Waals surface area (Å²) < 4.78 is 47.2. The van der Waals surface area contributed by atoms with Crippen LogP contribution in [-0.2, 0) is 19.7 Å². The van der Waals surface area contributed by atoms with Gasteiger partial charge in [-0.05, 0) is 128 Å². The van der Waals surface area contributed by atoms with Gasteiger partial charge in [-0.15, -0.1) is 10.2 Å². The van der Waals surface area contributed by atoms with E-state index in [4.69, 9.17) is 0 Å². The maximum absolute atomic E-state index is 11.6. The number of nitrogens with one attached hydrogen (secondary N) is 2. The molecule has 4 aromatic carbocycles. The second kappa shape index (κ2) is 15.0. The van der Waals surface area contributed by atoms with Gasteiger partial charge in [-0.3, -0.25) is 0 Å². The van der Waals surface area contributed by atoms with E-state index in [1.165, 1.54) is 12.5 Å². The van der Waals surface area contributed by atoms with Crippen molar-refractivity contribution in [3.63, 3.8) is 0 Å². The number of rotatable bonds is 8. The van der Waals surface area contributed by atoms with Crippen LogP contribution < -0.4 is 10.6 Å². The summed E-state index contributed by atoms with van der Waals surface area (Å²) in [5.74, 6) is 0. The Bertz CT molecular complexity index is 2230. The Morgan fingerprint density at radius 3 is 1.34 bits per heavy atom. The first-order valence-corrected chi connectivity index (χ1v) is 20.7. The van der Waals surface area contributed by atoms with Gasteiger partial charge >= 0.3 is 0 Å². The Labute approximate surface area is 307 Å². The van der Waals surface area contributed by atoms with Gasteiger partial charge in [0.15, 0.2) is 19.7 Å². The average molecular weight is 823 g/mol. The van der Waals surface area contributed by atoms with Crippen LogP contribution in [-0.4, -0.2) is 61.8 Å². The zero-order valence-electron chi connectivity index (χ0n) is 28.9. The number of hydrogen-bond donors (Lipinski definition) is 2. The Hall–Kier alpha value is -4.21. The van der Waals surface area contributed by atoms with Gasteiger partial charge in [0.05, 0.1) is 37.9 Å². The predicted octanol–water partition coefficient (Wildman–Crippen LogP) is 7.95. The molecule has 2 heterocycles. The quantitative estimate of drug-likeness (QED) is 0.145. The van der Waals surface area contributed by atoms with Gasteiger partial charge in [0.2, 0.25) is 0 Å². The van der Waals surface area contributed by atoms with Gasteiger partial charge in [0, 0.05) is 35.4 Å². The number of hydrogen-bond acceptors (Lipinski definition) is 10. The highest BCUT2D eigenvalue weighted by Crippen LogP contribution is 2.31. The van der Waals surface area contributed by atoms with E-state index in [-0.39, 0.29) is 0 Å². The minimum Gasteiger partial charge on any atom is -0.381 e. The second-order valence-electron chi connectivity index (χ2n) is 12.7. The van der Waals surface area contributed by atoms with Gasteiger partial charge in [0.1, 0.15) is 3.70 Å². The van der Waals surface area contributed by atoms with Gasteiger partial charge in [0.25, 0.3) is 0 Å². The van der Waals surface area contributed by atoms with Crippen molar-refractivity contribution >= 4 is 75.4 Å². The van der Waals surface area contributed by atoms with Crippen molar-refractivity contribution in [3.05, 3.63) is 94.3 Å². The van der Waals surface area contributed by atoms with Gasteiger partial charge in [-0.2, -0.15) is 10.2 Å². The lowest BCUT2D eigenvalue weighted by atomic mass is 10.0. The van der Waals surface area contributed by atoms with Crippen LogP contribution in [0.2, 0.25) is 0 Å². The summed E-state index contributed by atoms with van der Waals surface area (Å²) in [6, 6.07) is 26.4. The fourth-order valence-corrected chi connectivity index (χ4v) is 7.14. The average Bonchev–Trinajstić information content (AvgIpc) is 3.06. The number of fused-ring (bicyclic) bond motifs is 2. The first kappa shape index (κ1) is 37.1. The molecular weight excluding hydrogens is 783 g/mol. The molecule has 0 bridgehead atoms. The molecule has 0 aliphatic carbocycles. The molecule has 2 aromatic heterocycles. The van der Waals surface area contributed by atoms with E-state index in [1.54, 1.807) is 24.3 Å². The van der Waals surface area contributed by atoms with Crippen molar-refractivity contribution in [1.82, 2.24) is 20.4 Å². The van der Waals surface area contributed by atoms with E-state index in [9.17, 15) is 16.8 Å². The Morgan fingerprint density at radius 1 is 0.540 bits per heavy atom. The minimum atomic E-state index is -3.19. The molecule has 10 nitrogen and oxygen atoms in total. The highest BCUT2D eigenvalue weighted by Gasteiger charge is 2.13. The lowest BCUT2D eigenvalue weighted by Gasteiger charge is -2.15. The molecule has 6 aromatic rings. The lowest BCUT2D eigenvalue weighted by molar-refractivity contribution is 0.600. The fourth-order valence-electron chi connectivity index (χ4n) is 5.33. The number of halogens is 1. The smallest absolute Gasteiger partial charge is 0.175 e. The fraction of sp³-hybridized carbons (Fsp3) is 0.243. The molecule has 2 N–H and O–H groups in total. The normalized spacial score (nSPS) is 11.9. The molecule has 0 saturated heterocycles. The molecule has 0 spiro atoms. The standard InChI is InChI=1S/C19H21N3O2S.C18H18IN3O2S/c1-12(2)20-19-13(3)21-22-18-11-15(7-10-17(18)19)14-5-8-16(9-6-14)25(4,23)24;1-11(2)20-17-15-9-6-13(10-16(15)21-22-18(17)19)12-4-7-14(8-5-12)25(3,23)24/h5-12H,1-4H3,(H,20,22);4-11H,1-3H3,(H,20,21). The number of aryl methyl sites for hydroxylation is 1. The third-order valence-corrected chi connectivity index (χ3v) is 10.8. The summed E-state index contributed by atoms with van der Waals surface area (Å²) in [6.45, 7) is 10.3. The maximum atomic E-state index is 11.6. The van der Waals surface area contributed by atoms with Crippen molar-refractivity contribution in [1.29, 1.82) is 0 Å². The summed E-state index contributed by atoms with van der Waals surface area (Å²) in [5.41, 5.74) is 8.28. The van der Waals surface area contributed by atoms with Crippen molar-refractivity contribution in [2.24, 2.45) is 0 Å². The van der Waals surface area contributed by atoms with Crippen LogP contribution in [0.15, 0.2) is 94.7 Å². The van der Waals surface area contributed by atoms with E-state index >= 15 is 0 Å². The highest BCUT2D eigenvalue weighted by molar-refractivity contribution is 14.1. The van der Waals surface area contributed by atoms with Gasteiger partial charge in [-0.25, -0.2) is 16.8 Å². The molecule has 0 radical (unpaired) electrons. The molecule has 0 aliphatic rings. The van der Waals surface area contributed by atoms with Crippen LogP contribution in [0.3, 0.4) is 0 Å². The Kier molecular flexibility index (Phi) is 11.1. The van der Waals surface area contributed by atoms with Crippen LogP contribution in [0.4, 0.5) is 11.4 Å². The molecule has 50 heavy (non-hydrogen) atoms. The number of anilines is 2. The first-order valence-electron chi connectivity index (χ1n) is 15.9. The third kappa shape index (κ3) is 8.74. The van der Waals surface area contributed by atoms with Gasteiger partial charge in [-0.1, -0.05) is 36.4 Å². The highest BCUT2D eigenvalue weighted by atomic mass is 127. The number of nitrogens with zero attached hydrogens (tertiary/aromatic N) is 4.